The lowest BCUT2D eigenvalue weighted by Gasteiger charge is -2.04. The zero-order valence-electron chi connectivity index (χ0n) is 9.60. The number of benzene rings is 1. The molecule has 0 unspecified atom stereocenters. The van der Waals surface area contributed by atoms with Gasteiger partial charge in [0.15, 0.2) is 0 Å². The van der Waals surface area contributed by atoms with Crippen LogP contribution >= 0.6 is 0 Å². The summed E-state index contributed by atoms with van der Waals surface area (Å²) in [6.45, 7) is 1.95. The van der Waals surface area contributed by atoms with E-state index in [1.165, 1.54) is 0 Å². The van der Waals surface area contributed by atoms with Crippen molar-refractivity contribution in [1.82, 2.24) is 9.97 Å². The van der Waals surface area contributed by atoms with Gasteiger partial charge in [-0.25, -0.2) is 0 Å². The van der Waals surface area contributed by atoms with Crippen molar-refractivity contribution in [3.8, 4) is 17.3 Å². The normalized spacial score (nSPS) is 10.4. The summed E-state index contributed by atoms with van der Waals surface area (Å²) in [4.78, 5) is 18.5. The lowest BCUT2D eigenvalue weighted by molar-refractivity contribution is 0.443. The molecular formula is C13H14N2O2. The molecule has 0 saturated carbocycles. The number of nitrogens with one attached hydrogen (secondary N) is 1. The summed E-state index contributed by atoms with van der Waals surface area (Å²) in [7, 11) is 0. The third-order valence-electron chi connectivity index (χ3n) is 2.54. The quantitative estimate of drug-likeness (QED) is 0.848. The lowest BCUT2D eigenvalue weighted by atomic mass is 10.1. The summed E-state index contributed by atoms with van der Waals surface area (Å²) < 4.78 is 0. The number of nitrogens with zero attached hydrogens (tertiary/aromatic N) is 1. The van der Waals surface area contributed by atoms with Gasteiger partial charge in [-0.1, -0.05) is 43.7 Å². The van der Waals surface area contributed by atoms with Crippen LogP contribution in [0.5, 0.6) is 5.88 Å². The van der Waals surface area contributed by atoms with Crippen molar-refractivity contribution in [3.63, 3.8) is 0 Å². The first kappa shape index (κ1) is 11.4. The minimum Gasteiger partial charge on any atom is -0.493 e. The Morgan fingerprint density at radius 2 is 2.00 bits per heavy atom. The first-order valence-electron chi connectivity index (χ1n) is 5.60. The Hall–Kier alpha value is -2.10. The minimum absolute atomic E-state index is 0.172. The monoisotopic (exact) mass is 230 g/mol. The van der Waals surface area contributed by atoms with Crippen LogP contribution in [0.25, 0.3) is 11.4 Å². The third kappa shape index (κ3) is 2.36. The summed E-state index contributed by atoms with van der Waals surface area (Å²) in [6, 6.07) is 9.25. The van der Waals surface area contributed by atoms with Crippen LogP contribution < -0.4 is 5.56 Å². The molecule has 0 atom stereocenters. The topological polar surface area (TPSA) is 66.0 Å². The third-order valence-corrected chi connectivity index (χ3v) is 2.54. The molecule has 0 amide bonds. The van der Waals surface area contributed by atoms with E-state index in [-0.39, 0.29) is 11.4 Å². The van der Waals surface area contributed by atoms with Crippen LogP contribution in [0.2, 0.25) is 0 Å². The highest BCUT2D eigenvalue weighted by atomic mass is 16.3. The van der Waals surface area contributed by atoms with E-state index in [1.807, 2.05) is 37.3 Å². The Morgan fingerprint density at radius 3 is 2.59 bits per heavy atom. The Kier molecular flexibility index (Phi) is 3.23. The molecule has 0 saturated heterocycles. The molecule has 4 heteroatoms. The van der Waals surface area contributed by atoms with Crippen LogP contribution in [0, 0.1) is 0 Å². The molecule has 88 valence electrons. The lowest BCUT2D eigenvalue weighted by Crippen LogP contribution is -2.15. The average Bonchev–Trinajstić information content (AvgIpc) is 2.35. The van der Waals surface area contributed by atoms with Crippen LogP contribution in [0.4, 0.5) is 0 Å². The Balaban J connectivity index is 2.50. The highest BCUT2D eigenvalue weighted by molar-refractivity contribution is 5.55. The number of aromatic nitrogens is 2. The van der Waals surface area contributed by atoms with Gasteiger partial charge in [-0.3, -0.25) is 4.79 Å². The maximum atomic E-state index is 11.8. The number of hydrogen-bond acceptors (Lipinski definition) is 3. The molecule has 0 bridgehead atoms. The fraction of sp³-hybridized carbons (Fsp3) is 0.231. The molecule has 2 aromatic rings. The highest BCUT2D eigenvalue weighted by Gasteiger charge is 2.10. The van der Waals surface area contributed by atoms with Gasteiger partial charge in [0.2, 0.25) is 5.88 Å². The van der Waals surface area contributed by atoms with Crippen LogP contribution in [0.1, 0.15) is 18.9 Å². The molecule has 1 aromatic carbocycles. The summed E-state index contributed by atoms with van der Waals surface area (Å²) in [5.41, 5.74) is 0.869. The smallest absolute Gasteiger partial charge is 0.258 e. The molecule has 17 heavy (non-hydrogen) atoms. The molecular weight excluding hydrogens is 216 g/mol. The average molecular weight is 230 g/mol. The zero-order chi connectivity index (χ0) is 12.3. The zero-order valence-corrected chi connectivity index (χ0v) is 9.60. The van der Waals surface area contributed by atoms with Gasteiger partial charge in [0.05, 0.1) is 5.56 Å². The maximum absolute atomic E-state index is 11.8. The number of H-pyrrole nitrogens is 1. The minimum atomic E-state index is -0.266. The van der Waals surface area contributed by atoms with Crippen LogP contribution in [0.3, 0.4) is 0 Å². The van der Waals surface area contributed by atoms with Gasteiger partial charge in [0, 0.05) is 5.56 Å². The molecule has 1 aromatic heterocycles. The predicted molar refractivity (Wildman–Crippen MR) is 66.0 cm³/mol. The largest absolute Gasteiger partial charge is 0.493 e. The summed E-state index contributed by atoms with van der Waals surface area (Å²) >= 11 is 0. The molecule has 0 aliphatic carbocycles. The first-order chi connectivity index (χ1) is 8.22. The second kappa shape index (κ2) is 4.82. The van der Waals surface area contributed by atoms with Gasteiger partial charge < -0.3 is 10.1 Å². The van der Waals surface area contributed by atoms with Crippen LogP contribution in [-0.4, -0.2) is 15.1 Å². The number of aromatic hydroxyl groups is 1. The van der Waals surface area contributed by atoms with Crippen molar-refractivity contribution in [3.05, 3.63) is 46.2 Å². The SMILES string of the molecule is CCCc1c(O)nc(-c2ccccc2)[nH]c1=O. The van der Waals surface area contributed by atoms with E-state index in [0.717, 1.165) is 12.0 Å². The molecule has 2 N–H and O–H groups in total. The van der Waals surface area contributed by atoms with Crippen molar-refractivity contribution in [2.45, 2.75) is 19.8 Å². The molecule has 0 radical (unpaired) electrons. The number of rotatable bonds is 3. The molecule has 1 heterocycles. The molecule has 0 aliphatic heterocycles. The van der Waals surface area contributed by atoms with E-state index in [2.05, 4.69) is 9.97 Å². The van der Waals surface area contributed by atoms with Gasteiger partial charge in [-0.05, 0) is 6.42 Å². The highest BCUT2D eigenvalue weighted by Crippen LogP contribution is 2.17. The van der Waals surface area contributed by atoms with Crippen molar-refractivity contribution in [2.75, 3.05) is 0 Å². The van der Waals surface area contributed by atoms with E-state index in [4.69, 9.17) is 0 Å². The molecule has 0 spiro atoms. The van der Waals surface area contributed by atoms with Crippen molar-refractivity contribution >= 4 is 0 Å². The Bertz CT molecular complexity index is 561. The predicted octanol–water partition coefficient (Wildman–Crippen LogP) is 2.09. The first-order valence-corrected chi connectivity index (χ1v) is 5.60. The van der Waals surface area contributed by atoms with Gasteiger partial charge in [0.1, 0.15) is 5.82 Å². The summed E-state index contributed by atoms with van der Waals surface area (Å²) in [5, 5.41) is 9.73. The van der Waals surface area contributed by atoms with Gasteiger partial charge in [-0.2, -0.15) is 4.98 Å². The van der Waals surface area contributed by atoms with Gasteiger partial charge in [0.25, 0.3) is 5.56 Å². The van der Waals surface area contributed by atoms with E-state index < -0.39 is 0 Å². The molecule has 0 fully saturated rings. The van der Waals surface area contributed by atoms with E-state index in [1.54, 1.807) is 0 Å². The summed E-state index contributed by atoms with van der Waals surface area (Å²) in [5.74, 6) is 0.224. The van der Waals surface area contributed by atoms with Crippen LogP contribution in [-0.2, 0) is 6.42 Å². The fourth-order valence-electron chi connectivity index (χ4n) is 1.69. The Labute approximate surface area is 99.0 Å². The number of hydrogen-bond donors (Lipinski definition) is 2. The second-order valence-electron chi connectivity index (χ2n) is 3.83. The Morgan fingerprint density at radius 1 is 1.29 bits per heavy atom. The van der Waals surface area contributed by atoms with Gasteiger partial charge in [-0.15, -0.1) is 0 Å². The molecule has 4 nitrogen and oxygen atoms in total. The van der Waals surface area contributed by atoms with E-state index in [0.29, 0.717) is 17.8 Å². The van der Waals surface area contributed by atoms with Crippen molar-refractivity contribution in [1.29, 1.82) is 0 Å². The standard InChI is InChI=1S/C13H14N2O2/c1-2-6-10-12(16)14-11(15-13(10)17)9-7-4-3-5-8-9/h3-5,7-8H,2,6H2,1H3,(H2,14,15,16,17). The molecule has 0 aliphatic rings. The van der Waals surface area contributed by atoms with E-state index in [9.17, 15) is 9.90 Å². The maximum Gasteiger partial charge on any atom is 0.258 e. The second-order valence-corrected chi connectivity index (χ2v) is 3.83. The fourth-order valence-corrected chi connectivity index (χ4v) is 1.69. The van der Waals surface area contributed by atoms with Crippen molar-refractivity contribution < 1.29 is 5.11 Å². The number of aromatic amines is 1. The molecule has 2 rings (SSSR count). The summed E-state index contributed by atoms with van der Waals surface area (Å²) in [6.07, 6.45) is 1.33. The van der Waals surface area contributed by atoms with Gasteiger partial charge >= 0.3 is 0 Å². The van der Waals surface area contributed by atoms with Crippen LogP contribution in [0.15, 0.2) is 35.1 Å². The van der Waals surface area contributed by atoms with Crippen molar-refractivity contribution in [2.24, 2.45) is 0 Å². The van der Waals surface area contributed by atoms with E-state index >= 15 is 0 Å².